The van der Waals surface area contributed by atoms with E-state index in [0.29, 0.717) is 11.4 Å². The Kier molecular flexibility index (Phi) is 7.43. The van der Waals surface area contributed by atoms with Crippen molar-refractivity contribution in [3.8, 4) is 50.8 Å². The molecular weight excluding hydrogens is 688 g/mol. The molecule has 55 heavy (non-hydrogen) atoms. The van der Waals surface area contributed by atoms with Crippen LogP contribution in [0.3, 0.4) is 0 Å². The highest BCUT2D eigenvalue weighted by Gasteiger charge is 2.25. The second kappa shape index (κ2) is 12.6. The zero-order chi connectivity index (χ0) is 37.2. The van der Waals surface area contributed by atoms with E-state index in [1.54, 1.807) is 12.1 Å². The van der Waals surface area contributed by atoms with Crippen LogP contribution < -0.4 is 0 Å². The highest BCUT2D eigenvalue weighted by atomic mass is 19.2. The number of hydrogen-bond donors (Lipinski definition) is 0. The molecule has 6 heteroatoms. The van der Waals surface area contributed by atoms with E-state index in [0.717, 1.165) is 78.0 Å². The van der Waals surface area contributed by atoms with Gasteiger partial charge in [-0.1, -0.05) is 121 Å². The van der Waals surface area contributed by atoms with E-state index in [1.165, 1.54) is 0 Å². The highest BCUT2D eigenvalue weighted by molar-refractivity contribution is 6.12. The van der Waals surface area contributed by atoms with Crippen LogP contribution in [0.1, 0.15) is 5.56 Å². The van der Waals surface area contributed by atoms with Crippen molar-refractivity contribution in [2.45, 2.75) is 0 Å². The van der Waals surface area contributed by atoms with E-state index in [1.807, 2.05) is 118 Å². The monoisotopic (exact) mass is 715 g/mol. The molecule has 0 bridgehead atoms. The molecule has 0 saturated heterocycles. The molecular formula is C49H28F3N3. The summed E-state index contributed by atoms with van der Waals surface area (Å²) in [6.07, 6.45) is 0. The second-order valence-electron chi connectivity index (χ2n) is 13.6. The summed E-state index contributed by atoms with van der Waals surface area (Å²) in [7, 11) is 0. The summed E-state index contributed by atoms with van der Waals surface area (Å²) in [5.41, 5.74) is 7.83. The molecule has 2 heterocycles. The number of para-hydroxylation sites is 2. The number of halogens is 3. The maximum absolute atomic E-state index is 15.9. The summed E-state index contributed by atoms with van der Waals surface area (Å²) >= 11 is 0. The first kappa shape index (κ1) is 32.3. The first-order valence-corrected chi connectivity index (χ1v) is 17.9. The number of fused-ring (bicyclic) bond motifs is 6. The van der Waals surface area contributed by atoms with Crippen molar-refractivity contribution < 1.29 is 13.2 Å². The minimum absolute atomic E-state index is 0.0915. The van der Waals surface area contributed by atoms with Crippen molar-refractivity contribution in [1.82, 2.24) is 9.13 Å². The van der Waals surface area contributed by atoms with Gasteiger partial charge in [-0.25, -0.2) is 13.2 Å². The molecule has 0 N–H and O–H groups in total. The van der Waals surface area contributed by atoms with Gasteiger partial charge in [-0.3, -0.25) is 0 Å². The van der Waals surface area contributed by atoms with Gasteiger partial charge in [0.1, 0.15) is 17.4 Å². The fraction of sp³-hybridized carbons (Fsp3) is 0. The fourth-order valence-electron chi connectivity index (χ4n) is 8.10. The fourth-order valence-corrected chi connectivity index (χ4v) is 8.10. The van der Waals surface area contributed by atoms with Crippen molar-refractivity contribution in [1.29, 1.82) is 5.26 Å². The van der Waals surface area contributed by atoms with Gasteiger partial charge in [0.15, 0.2) is 11.6 Å². The average molecular weight is 716 g/mol. The standard InChI is InChI=1S/C49H28F3N3/c50-40-23-24-41(51)49(52)48(40)34-27-46(54-42-17-9-7-15-35(42)37-21-19-32(25-44(37)54)30-11-3-1-4-12-30)39(29-53)47(28-34)55-43-18-10-8-16-36(43)38-22-20-33(26-45(38)55)31-13-5-2-6-14-31/h1-28H. The summed E-state index contributed by atoms with van der Waals surface area (Å²) < 4.78 is 50.7. The molecule has 0 fully saturated rings. The van der Waals surface area contributed by atoms with Crippen LogP contribution in [0.25, 0.3) is 88.4 Å². The lowest BCUT2D eigenvalue weighted by Gasteiger charge is -2.19. The molecule has 10 aromatic rings. The van der Waals surface area contributed by atoms with E-state index in [4.69, 9.17) is 0 Å². The van der Waals surface area contributed by atoms with Crippen LogP contribution in [0.2, 0.25) is 0 Å². The van der Waals surface area contributed by atoms with Gasteiger partial charge in [0, 0.05) is 21.5 Å². The number of nitriles is 1. The summed E-state index contributed by atoms with van der Waals surface area (Å²) in [6, 6.07) is 55.7. The van der Waals surface area contributed by atoms with Crippen molar-refractivity contribution in [3.05, 3.63) is 193 Å². The van der Waals surface area contributed by atoms with Crippen molar-refractivity contribution in [2.24, 2.45) is 0 Å². The third-order valence-electron chi connectivity index (χ3n) is 10.6. The average Bonchev–Trinajstić information content (AvgIpc) is 3.74. The van der Waals surface area contributed by atoms with Crippen LogP contribution in [0.5, 0.6) is 0 Å². The zero-order valence-corrected chi connectivity index (χ0v) is 29.1. The molecule has 0 unspecified atom stereocenters. The number of rotatable bonds is 5. The van der Waals surface area contributed by atoms with Crippen LogP contribution in [0.4, 0.5) is 13.2 Å². The SMILES string of the molecule is N#Cc1c(-n2c3ccccc3c3ccc(-c4ccccc4)cc32)cc(-c2c(F)ccc(F)c2F)cc1-n1c2ccccc2c2ccc(-c3ccccc3)cc21. The Labute approximate surface area is 314 Å². The molecule has 0 aliphatic rings. The third kappa shape index (κ3) is 5.05. The Hall–Kier alpha value is -7.36. The molecule has 260 valence electrons. The summed E-state index contributed by atoms with van der Waals surface area (Å²) in [4.78, 5) is 0. The Morgan fingerprint density at radius 3 is 1.31 bits per heavy atom. The number of benzene rings is 8. The van der Waals surface area contributed by atoms with Crippen molar-refractivity contribution >= 4 is 43.6 Å². The molecule has 0 saturated carbocycles. The smallest absolute Gasteiger partial charge is 0.169 e. The first-order chi connectivity index (χ1) is 27.0. The van der Waals surface area contributed by atoms with Gasteiger partial charge in [0.05, 0.1) is 39.0 Å². The van der Waals surface area contributed by atoms with Crippen LogP contribution in [-0.2, 0) is 0 Å². The zero-order valence-electron chi connectivity index (χ0n) is 29.1. The van der Waals surface area contributed by atoms with E-state index in [2.05, 4.69) is 42.5 Å². The summed E-state index contributed by atoms with van der Waals surface area (Å²) in [5, 5.41) is 15.1. The van der Waals surface area contributed by atoms with Crippen LogP contribution in [0.15, 0.2) is 170 Å². The molecule has 8 aromatic carbocycles. The van der Waals surface area contributed by atoms with Gasteiger partial charge in [-0.05, 0) is 76.3 Å². The van der Waals surface area contributed by atoms with Crippen molar-refractivity contribution in [3.63, 3.8) is 0 Å². The quantitative estimate of drug-likeness (QED) is 0.163. The van der Waals surface area contributed by atoms with Gasteiger partial charge in [0.2, 0.25) is 0 Å². The maximum Gasteiger partial charge on any atom is 0.169 e. The molecule has 0 amide bonds. The lowest BCUT2D eigenvalue weighted by Crippen LogP contribution is -2.06. The molecule has 3 nitrogen and oxygen atoms in total. The molecule has 0 aliphatic heterocycles. The minimum atomic E-state index is -1.30. The predicted molar refractivity (Wildman–Crippen MR) is 216 cm³/mol. The first-order valence-electron chi connectivity index (χ1n) is 17.9. The van der Waals surface area contributed by atoms with Gasteiger partial charge in [0.25, 0.3) is 0 Å². The largest absolute Gasteiger partial charge is 0.308 e. The minimum Gasteiger partial charge on any atom is -0.308 e. The van der Waals surface area contributed by atoms with E-state index >= 15 is 8.78 Å². The summed E-state index contributed by atoms with van der Waals surface area (Å²) in [5.74, 6) is -3.39. The number of aromatic nitrogens is 2. The van der Waals surface area contributed by atoms with Crippen molar-refractivity contribution in [2.75, 3.05) is 0 Å². The predicted octanol–water partition coefficient (Wildman–Crippen LogP) is 13.2. The molecule has 0 spiro atoms. The topological polar surface area (TPSA) is 33.6 Å². The van der Waals surface area contributed by atoms with E-state index in [9.17, 15) is 9.65 Å². The number of nitrogens with zero attached hydrogens (tertiary/aromatic N) is 3. The van der Waals surface area contributed by atoms with Gasteiger partial charge < -0.3 is 9.13 Å². The molecule has 0 aliphatic carbocycles. The normalized spacial score (nSPS) is 11.5. The Morgan fingerprint density at radius 1 is 0.382 bits per heavy atom. The Morgan fingerprint density at radius 2 is 0.818 bits per heavy atom. The van der Waals surface area contributed by atoms with E-state index < -0.39 is 23.0 Å². The van der Waals surface area contributed by atoms with Crippen LogP contribution in [0, 0.1) is 28.8 Å². The molecule has 10 rings (SSSR count). The van der Waals surface area contributed by atoms with Crippen LogP contribution >= 0.6 is 0 Å². The lowest BCUT2D eigenvalue weighted by molar-refractivity contribution is 0.499. The summed E-state index contributed by atoms with van der Waals surface area (Å²) in [6.45, 7) is 0. The van der Waals surface area contributed by atoms with Gasteiger partial charge >= 0.3 is 0 Å². The lowest BCUT2D eigenvalue weighted by atomic mass is 9.98. The Balaban J connectivity index is 1.37. The van der Waals surface area contributed by atoms with E-state index in [-0.39, 0.29) is 11.1 Å². The van der Waals surface area contributed by atoms with Gasteiger partial charge in [-0.15, -0.1) is 0 Å². The second-order valence-corrected chi connectivity index (χ2v) is 13.6. The highest BCUT2D eigenvalue weighted by Crippen LogP contribution is 2.42. The molecule has 2 aromatic heterocycles. The molecule has 0 radical (unpaired) electrons. The molecule has 0 atom stereocenters. The Bertz CT molecular complexity index is 3010. The maximum atomic E-state index is 15.9. The van der Waals surface area contributed by atoms with Gasteiger partial charge in [-0.2, -0.15) is 5.26 Å². The van der Waals surface area contributed by atoms with Crippen LogP contribution in [-0.4, -0.2) is 9.13 Å². The third-order valence-corrected chi connectivity index (χ3v) is 10.6. The number of hydrogen-bond acceptors (Lipinski definition) is 1.